The van der Waals surface area contributed by atoms with Gasteiger partial charge in [0.2, 0.25) is 0 Å². The van der Waals surface area contributed by atoms with Crippen LogP contribution in [0.4, 0.5) is 0 Å². The highest BCUT2D eigenvalue weighted by atomic mass is 35.5. The lowest BCUT2D eigenvalue weighted by Crippen LogP contribution is -1.82. The van der Waals surface area contributed by atoms with E-state index in [1.54, 1.807) is 7.11 Å². The lowest BCUT2D eigenvalue weighted by molar-refractivity contribution is 0.415. The van der Waals surface area contributed by atoms with E-state index in [0.29, 0.717) is 0 Å². The molecular weight excluding hydrogens is 246 g/mol. The first-order valence-electron chi connectivity index (χ1n) is 5.69. The minimum Gasteiger partial charge on any atom is -0.497 e. The third-order valence-corrected chi connectivity index (χ3v) is 3.26. The molecule has 3 rings (SSSR count). The molecular formula is C15H12ClNO. The molecule has 2 nitrogen and oxygen atoms in total. The average Bonchev–Trinajstić information content (AvgIpc) is 2.81. The molecule has 90 valence electrons. The van der Waals surface area contributed by atoms with Crippen LogP contribution in [0.3, 0.4) is 0 Å². The number of rotatable bonds is 2. The maximum atomic E-state index is 6.04. The molecule has 0 unspecified atom stereocenters. The molecule has 0 aliphatic rings. The summed E-state index contributed by atoms with van der Waals surface area (Å²) >= 11 is 6.04. The van der Waals surface area contributed by atoms with Crippen LogP contribution in [-0.2, 0) is 0 Å². The van der Waals surface area contributed by atoms with Crippen LogP contribution in [-0.4, -0.2) is 12.1 Å². The van der Waals surface area contributed by atoms with Crippen molar-refractivity contribution in [2.75, 3.05) is 7.11 Å². The molecule has 0 saturated carbocycles. The number of fused-ring (bicyclic) bond motifs is 1. The second-order valence-electron chi connectivity index (χ2n) is 4.12. The van der Waals surface area contributed by atoms with Crippen LogP contribution in [0, 0.1) is 0 Å². The number of H-pyrrole nitrogens is 1. The molecule has 2 aromatic carbocycles. The Morgan fingerprint density at radius 1 is 1.11 bits per heavy atom. The van der Waals surface area contributed by atoms with Crippen molar-refractivity contribution in [3.05, 3.63) is 53.7 Å². The fourth-order valence-electron chi connectivity index (χ4n) is 2.12. The molecule has 0 atom stereocenters. The SMILES string of the molecule is COc1ccc2[nH]cc(-c3cccc(Cl)c3)c2c1. The Hall–Kier alpha value is -1.93. The summed E-state index contributed by atoms with van der Waals surface area (Å²) in [6.45, 7) is 0. The predicted molar refractivity (Wildman–Crippen MR) is 75.3 cm³/mol. The van der Waals surface area contributed by atoms with Gasteiger partial charge in [-0.25, -0.2) is 0 Å². The van der Waals surface area contributed by atoms with Crippen LogP contribution in [0.1, 0.15) is 0 Å². The van der Waals surface area contributed by atoms with Crippen molar-refractivity contribution in [1.82, 2.24) is 4.98 Å². The highest BCUT2D eigenvalue weighted by Crippen LogP contribution is 2.32. The molecule has 0 radical (unpaired) electrons. The molecule has 0 amide bonds. The second-order valence-corrected chi connectivity index (χ2v) is 4.56. The first-order chi connectivity index (χ1) is 8.78. The third kappa shape index (κ3) is 1.85. The number of methoxy groups -OCH3 is 1. The van der Waals surface area contributed by atoms with E-state index in [9.17, 15) is 0 Å². The van der Waals surface area contributed by atoms with Gasteiger partial charge in [-0.15, -0.1) is 0 Å². The van der Waals surface area contributed by atoms with Gasteiger partial charge in [0.15, 0.2) is 0 Å². The summed E-state index contributed by atoms with van der Waals surface area (Å²) < 4.78 is 5.27. The highest BCUT2D eigenvalue weighted by Gasteiger charge is 2.07. The van der Waals surface area contributed by atoms with Crippen LogP contribution in [0.15, 0.2) is 48.7 Å². The Kier molecular flexibility index (Phi) is 2.73. The number of aromatic nitrogens is 1. The van der Waals surface area contributed by atoms with Gasteiger partial charge < -0.3 is 9.72 Å². The molecule has 3 heteroatoms. The van der Waals surface area contributed by atoms with Crippen molar-refractivity contribution in [3.8, 4) is 16.9 Å². The van der Waals surface area contributed by atoms with Crippen molar-refractivity contribution in [1.29, 1.82) is 0 Å². The van der Waals surface area contributed by atoms with Gasteiger partial charge >= 0.3 is 0 Å². The van der Waals surface area contributed by atoms with E-state index in [0.717, 1.165) is 32.8 Å². The van der Waals surface area contributed by atoms with E-state index in [1.165, 1.54) is 0 Å². The summed E-state index contributed by atoms with van der Waals surface area (Å²) in [6.07, 6.45) is 2.00. The number of hydrogen-bond donors (Lipinski definition) is 1. The topological polar surface area (TPSA) is 25.0 Å². The number of aromatic amines is 1. The Morgan fingerprint density at radius 3 is 2.78 bits per heavy atom. The van der Waals surface area contributed by atoms with Crippen molar-refractivity contribution < 1.29 is 4.74 Å². The van der Waals surface area contributed by atoms with E-state index >= 15 is 0 Å². The van der Waals surface area contributed by atoms with E-state index in [-0.39, 0.29) is 0 Å². The molecule has 0 spiro atoms. The lowest BCUT2D eigenvalue weighted by Gasteiger charge is -2.02. The van der Waals surface area contributed by atoms with Crippen LogP contribution in [0.2, 0.25) is 5.02 Å². The van der Waals surface area contributed by atoms with Crippen LogP contribution in [0.25, 0.3) is 22.0 Å². The molecule has 0 aliphatic heterocycles. The van der Waals surface area contributed by atoms with Gasteiger partial charge in [0.1, 0.15) is 5.75 Å². The monoisotopic (exact) mass is 257 g/mol. The van der Waals surface area contributed by atoms with Gasteiger partial charge in [-0.1, -0.05) is 23.7 Å². The summed E-state index contributed by atoms with van der Waals surface area (Å²) in [5.41, 5.74) is 3.32. The average molecular weight is 258 g/mol. The Labute approximate surface area is 110 Å². The zero-order chi connectivity index (χ0) is 12.5. The molecule has 0 aliphatic carbocycles. The Balaban J connectivity index is 2.22. The summed E-state index contributed by atoms with van der Waals surface area (Å²) in [4.78, 5) is 3.26. The zero-order valence-electron chi connectivity index (χ0n) is 9.91. The summed E-state index contributed by atoms with van der Waals surface area (Å²) in [7, 11) is 1.67. The largest absolute Gasteiger partial charge is 0.497 e. The van der Waals surface area contributed by atoms with Crippen molar-refractivity contribution in [3.63, 3.8) is 0 Å². The maximum Gasteiger partial charge on any atom is 0.119 e. The fraction of sp³-hybridized carbons (Fsp3) is 0.0667. The lowest BCUT2D eigenvalue weighted by atomic mass is 10.0. The molecule has 0 fully saturated rings. The van der Waals surface area contributed by atoms with E-state index in [2.05, 4.69) is 4.98 Å². The quantitative estimate of drug-likeness (QED) is 0.719. The summed E-state index contributed by atoms with van der Waals surface area (Å²) in [5, 5.41) is 1.88. The van der Waals surface area contributed by atoms with Gasteiger partial charge in [0.25, 0.3) is 0 Å². The van der Waals surface area contributed by atoms with Gasteiger partial charge in [-0.05, 0) is 35.9 Å². The number of halogens is 1. The van der Waals surface area contributed by atoms with Crippen LogP contribution < -0.4 is 4.74 Å². The minimum atomic E-state index is 0.741. The minimum absolute atomic E-state index is 0.741. The summed E-state index contributed by atoms with van der Waals surface area (Å²) in [5.74, 6) is 0.852. The van der Waals surface area contributed by atoms with E-state index in [1.807, 2.05) is 48.7 Å². The highest BCUT2D eigenvalue weighted by molar-refractivity contribution is 6.30. The van der Waals surface area contributed by atoms with Crippen molar-refractivity contribution in [2.45, 2.75) is 0 Å². The fourth-order valence-corrected chi connectivity index (χ4v) is 2.31. The second kappa shape index (κ2) is 4.39. The summed E-state index contributed by atoms with van der Waals surface area (Å²) in [6, 6.07) is 13.8. The Morgan fingerprint density at radius 2 is 2.00 bits per heavy atom. The molecule has 1 heterocycles. The molecule has 1 aromatic heterocycles. The van der Waals surface area contributed by atoms with Crippen LogP contribution >= 0.6 is 11.6 Å². The first kappa shape index (κ1) is 11.2. The first-order valence-corrected chi connectivity index (χ1v) is 6.07. The standard InChI is InChI=1S/C15H12ClNO/c1-18-12-5-6-15-13(8-12)14(9-17-15)10-3-2-4-11(16)7-10/h2-9,17H,1H3. The van der Waals surface area contributed by atoms with Gasteiger partial charge in [-0.3, -0.25) is 0 Å². The maximum absolute atomic E-state index is 6.04. The number of benzene rings is 2. The third-order valence-electron chi connectivity index (χ3n) is 3.02. The molecule has 0 bridgehead atoms. The molecule has 3 aromatic rings. The molecule has 0 saturated heterocycles. The van der Waals surface area contributed by atoms with Gasteiger partial charge in [-0.2, -0.15) is 0 Å². The molecule has 18 heavy (non-hydrogen) atoms. The smallest absolute Gasteiger partial charge is 0.119 e. The molecule has 1 N–H and O–H groups in total. The van der Waals surface area contributed by atoms with E-state index < -0.39 is 0 Å². The van der Waals surface area contributed by atoms with Gasteiger partial charge in [0, 0.05) is 27.7 Å². The Bertz CT molecular complexity index is 703. The van der Waals surface area contributed by atoms with Crippen molar-refractivity contribution >= 4 is 22.5 Å². The number of ether oxygens (including phenoxy) is 1. The normalized spacial score (nSPS) is 10.8. The number of nitrogens with one attached hydrogen (secondary N) is 1. The predicted octanol–water partition coefficient (Wildman–Crippen LogP) is 4.50. The van der Waals surface area contributed by atoms with Gasteiger partial charge in [0.05, 0.1) is 7.11 Å². The van der Waals surface area contributed by atoms with Crippen LogP contribution in [0.5, 0.6) is 5.75 Å². The van der Waals surface area contributed by atoms with E-state index in [4.69, 9.17) is 16.3 Å². The number of hydrogen-bond acceptors (Lipinski definition) is 1. The zero-order valence-corrected chi connectivity index (χ0v) is 10.7. The van der Waals surface area contributed by atoms with Crippen molar-refractivity contribution in [2.24, 2.45) is 0 Å².